The van der Waals surface area contributed by atoms with Crippen molar-refractivity contribution in [1.82, 2.24) is 9.80 Å². The van der Waals surface area contributed by atoms with E-state index in [0.717, 1.165) is 95.7 Å². The van der Waals surface area contributed by atoms with E-state index in [-0.39, 0.29) is 23.1 Å². The van der Waals surface area contributed by atoms with E-state index in [1.165, 1.54) is 13.5 Å². The fraction of sp³-hybridized carbons (Fsp3) is 0.600. The van der Waals surface area contributed by atoms with Crippen LogP contribution >= 0.6 is 0 Å². The normalized spacial score (nSPS) is 25.3. The van der Waals surface area contributed by atoms with Gasteiger partial charge in [0.15, 0.2) is 0 Å². The second-order valence-electron chi connectivity index (χ2n) is 13.3. The highest BCUT2D eigenvalue weighted by Gasteiger charge is 2.53. The number of nitriles is 1. The highest BCUT2D eigenvalue weighted by molar-refractivity contribution is 5.69. The maximum Gasteiger partial charge on any atom is 0.305 e. The van der Waals surface area contributed by atoms with Crippen LogP contribution < -0.4 is 4.90 Å². The zero-order valence-electron chi connectivity index (χ0n) is 25.0. The largest absolute Gasteiger partial charge is 0.469 e. The van der Waals surface area contributed by atoms with Gasteiger partial charge in [0.1, 0.15) is 5.82 Å². The molecule has 1 saturated carbocycles. The average Bonchev–Trinajstić information content (AvgIpc) is 3.43. The van der Waals surface area contributed by atoms with Crippen molar-refractivity contribution in [3.05, 3.63) is 65.5 Å². The number of benzene rings is 2. The second-order valence-corrected chi connectivity index (χ2v) is 13.3. The molecular weight excluding hydrogens is 527 g/mol. The van der Waals surface area contributed by atoms with E-state index in [1.807, 2.05) is 30.3 Å². The average molecular weight is 573 g/mol. The maximum atomic E-state index is 14.9. The number of halogens is 1. The van der Waals surface area contributed by atoms with E-state index in [4.69, 9.17) is 4.74 Å². The first kappa shape index (κ1) is 29.1. The summed E-state index contributed by atoms with van der Waals surface area (Å²) in [6.07, 6.45) is 7.17. The molecule has 7 heteroatoms. The molecule has 3 atom stereocenters. The number of nitrogens with zero attached hydrogens (tertiary/aromatic N) is 4. The van der Waals surface area contributed by atoms with Crippen LogP contribution in [0.2, 0.25) is 0 Å². The standard InChI is InChI=1S/C35H45FN4O2/c1-42-34(41)19-28-7-3-11-33(28)35(25-39-14-5-15-39,30-8-4-9-31(36)20-30)29-12-16-38(17-13-29)22-27-23-40(24-27)32-10-2-6-26(18-32)21-37/h2,4,6,8-10,18,20,27-29,33H,3,5,7,11-17,19,22-25H2,1H3/t28-,33+,35+/m1/s1. The van der Waals surface area contributed by atoms with E-state index >= 15 is 0 Å². The third kappa shape index (κ3) is 5.94. The van der Waals surface area contributed by atoms with Gasteiger partial charge < -0.3 is 19.4 Å². The summed E-state index contributed by atoms with van der Waals surface area (Å²) in [7, 11) is 1.49. The number of anilines is 1. The maximum absolute atomic E-state index is 14.9. The number of hydrogen-bond donors (Lipinski definition) is 0. The van der Waals surface area contributed by atoms with Crippen molar-refractivity contribution in [2.45, 2.75) is 50.4 Å². The molecule has 0 radical (unpaired) electrons. The number of carbonyl (C=O) groups is 1. The Morgan fingerprint density at radius 2 is 1.79 bits per heavy atom. The number of hydrogen-bond acceptors (Lipinski definition) is 6. The Morgan fingerprint density at radius 1 is 1.00 bits per heavy atom. The van der Waals surface area contributed by atoms with Crippen LogP contribution in [0.15, 0.2) is 48.5 Å². The molecule has 0 spiro atoms. The van der Waals surface area contributed by atoms with E-state index in [2.05, 4.69) is 32.9 Å². The van der Waals surface area contributed by atoms with Gasteiger partial charge in [-0.3, -0.25) is 4.79 Å². The van der Waals surface area contributed by atoms with Gasteiger partial charge in [0, 0.05) is 49.6 Å². The zero-order valence-corrected chi connectivity index (χ0v) is 25.0. The molecule has 4 aliphatic rings. The number of methoxy groups -OCH3 is 1. The fourth-order valence-corrected chi connectivity index (χ4v) is 8.70. The first-order valence-electron chi connectivity index (χ1n) is 16.0. The summed E-state index contributed by atoms with van der Waals surface area (Å²) in [6.45, 7) is 8.49. The third-order valence-electron chi connectivity index (χ3n) is 10.9. The third-order valence-corrected chi connectivity index (χ3v) is 10.9. The van der Waals surface area contributed by atoms with E-state index in [0.29, 0.717) is 29.7 Å². The molecule has 6 nitrogen and oxygen atoms in total. The summed E-state index contributed by atoms with van der Waals surface area (Å²) in [6, 6.07) is 17.6. The second kappa shape index (κ2) is 12.7. The van der Waals surface area contributed by atoms with Crippen molar-refractivity contribution in [2.24, 2.45) is 23.7 Å². The monoisotopic (exact) mass is 572 g/mol. The van der Waals surface area contributed by atoms with Crippen LogP contribution in [0, 0.1) is 40.8 Å². The number of carbonyl (C=O) groups excluding carboxylic acids is 1. The van der Waals surface area contributed by atoms with Crippen molar-refractivity contribution in [1.29, 1.82) is 5.26 Å². The number of ether oxygens (including phenoxy) is 1. The molecule has 3 saturated heterocycles. The predicted octanol–water partition coefficient (Wildman–Crippen LogP) is 5.47. The van der Waals surface area contributed by atoms with Gasteiger partial charge in [0.2, 0.25) is 0 Å². The molecule has 2 aromatic carbocycles. The molecule has 2 aromatic rings. The number of rotatable bonds is 10. The lowest BCUT2D eigenvalue weighted by molar-refractivity contribution is -0.142. The molecule has 0 N–H and O–H groups in total. The van der Waals surface area contributed by atoms with Gasteiger partial charge in [-0.25, -0.2) is 4.39 Å². The SMILES string of the molecule is COC(=O)C[C@H]1CCC[C@@H]1[C@](CN1CCC1)(c1cccc(F)c1)C1CCN(CC2CN(c3cccc(C#N)c3)C2)CC1. The first-order valence-corrected chi connectivity index (χ1v) is 16.0. The van der Waals surface area contributed by atoms with E-state index in [1.54, 1.807) is 6.07 Å². The number of piperidine rings is 1. The molecule has 1 aliphatic carbocycles. The molecule has 6 rings (SSSR count). The van der Waals surface area contributed by atoms with Crippen molar-refractivity contribution >= 4 is 11.7 Å². The molecule has 42 heavy (non-hydrogen) atoms. The lowest BCUT2D eigenvalue weighted by Gasteiger charge is -2.54. The summed E-state index contributed by atoms with van der Waals surface area (Å²) in [4.78, 5) is 20.1. The van der Waals surface area contributed by atoms with Crippen molar-refractivity contribution < 1.29 is 13.9 Å². The molecule has 3 aliphatic heterocycles. The molecule has 0 bridgehead atoms. The van der Waals surface area contributed by atoms with Crippen molar-refractivity contribution in [2.75, 3.05) is 64.4 Å². The minimum absolute atomic E-state index is 0.118. The van der Waals surface area contributed by atoms with Gasteiger partial charge in [0.05, 0.1) is 18.7 Å². The van der Waals surface area contributed by atoms with Crippen molar-refractivity contribution in [3.63, 3.8) is 0 Å². The summed E-state index contributed by atoms with van der Waals surface area (Å²) < 4.78 is 20.0. The fourth-order valence-electron chi connectivity index (χ4n) is 8.70. The highest BCUT2D eigenvalue weighted by atomic mass is 19.1. The molecule has 3 heterocycles. The van der Waals surface area contributed by atoms with Gasteiger partial charge in [-0.2, -0.15) is 5.26 Å². The summed E-state index contributed by atoms with van der Waals surface area (Å²) in [5.41, 5.74) is 2.84. The van der Waals surface area contributed by atoms with Gasteiger partial charge >= 0.3 is 5.97 Å². The van der Waals surface area contributed by atoms with Gasteiger partial charge in [0.25, 0.3) is 0 Å². The van der Waals surface area contributed by atoms with Crippen LogP contribution in [0.5, 0.6) is 0 Å². The Hall–Kier alpha value is -2.95. The Morgan fingerprint density at radius 3 is 2.48 bits per heavy atom. The first-order chi connectivity index (χ1) is 20.5. The Kier molecular flexibility index (Phi) is 8.83. The molecule has 0 amide bonds. The molecule has 0 unspecified atom stereocenters. The van der Waals surface area contributed by atoms with Crippen LogP contribution in [-0.2, 0) is 14.9 Å². The Labute approximate surface area is 250 Å². The molecular formula is C35H45FN4O2. The van der Waals surface area contributed by atoms with E-state index < -0.39 is 0 Å². The zero-order chi connectivity index (χ0) is 29.1. The topological polar surface area (TPSA) is 59.8 Å². The van der Waals surface area contributed by atoms with Crippen molar-refractivity contribution in [3.8, 4) is 6.07 Å². The van der Waals surface area contributed by atoms with E-state index in [9.17, 15) is 14.4 Å². The summed E-state index contributed by atoms with van der Waals surface area (Å²) in [5.74, 6) is 1.44. The van der Waals surface area contributed by atoms with Crippen LogP contribution in [0.3, 0.4) is 0 Å². The van der Waals surface area contributed by atoms with Gasteiger partial charge in [-0.1, -0.05) is 24.6 Å². The Balaban J connectivity index is 1.18. The van der Waals surface area contributed by atoms with Gasteiger partial charge in [-0.05, 0) is 112 Å². The molecule has 4 fully saturated rings. The predicted molar refractivity (Wildman–Crippen MR) is 163 cm³/mol. The molecule has 224 valence electrons. The van der Waals surface area contributed by atoms with Gasteiger partial charge in [-0.15, -0.1) is 0 Å². The number of likely N-dealkylation sites (tertiary alicyclic amines) is 2. The number of esters is 1. The summed E-state index contributed by atoms with van der Waals surface area (Å²) >= 11 is 0. The minimum Gasteiger partial charge on any atom is -0.469 e. The summed E-state index contributed by atoms with van der Waals surface area (Å²) in [5, 5.41) is 9.25. The Bertz CT molecular complexity index is 1280. The van der Waals surface area contributed by atoms with Crippen LogP contribution in [0.25, 0.3) is 0 Å². The van der Waals surface area contributed by atoms with Crippen LogP contribution in [0.4, 0.5) is 10.1 Å². The quantitative estimate of drug-likeness (QED) is 0.352. The highest BCUT2D eigenvalue weighted by Crippen LogP contribution is 2.54. The smallest absolute Gasteiger partial charge is 0.305 e. The lowest BCUT2D eigenvalue weighted by atomic mass is 9.56. The molecule has 0 aromatic heterocycles. The lowest BCUT2D eigenvalue weighted by Crippen LogP contribution is -2.58. The van der Waals surface area contributed by atoms with Crippen LogP contribution in [-0.4, -0.2) is 75.2 Å². The minimum atomic E-state index is -0.164. The van der Waals surface area contributed by atoms with Crippen LogP contribution in [0.1, 0.15) is 56.1 Å².